The zero-order valence-corrected chi connectivity index (χ0v) is 26.2. The number of nitrogens with one attached hydrogen (secondary N) is 1. The molecule has 1 amide bonds. The van der Waals surface area contributed by atoms with E-state index in [9.17, 15) is 14.7 Å². The molecule has 1 saturated carbocycles. The Morgan fingerprint density at radius 3 is 2.39 bits per heavy atom. The number of carbonyl (C=O) groups is 2. The molecule has 9 heteroatoms. The van der Waals surface area contributed by atoms with Crippen LogP contribution in [0.15, 0.2) is 48.5 Å². The molecule has 232 valence electrons. The maximum Gasteiger partial charge on any atom is 0.309 e. The van der Waals surface area contributed by atoms with Gasteiger partial charge in [-0.15, -0.1) is 0 Å². The lowest BCUT2D eigenvalue weighted by Gasteiger charge is -2.27. The maximum absolute atomic E-state index is 13.7. The van der Waals surface area contributed by atoms with Crippen molar-refractivity contribution in [1.29, 1.82) is 0 Å². The summed E-state index contributed by atoms with van der Waals surface area (Å²) in [5, 5.41) is 14.5. The quantitative estimate of drug-likeness (QED) is 0.245. The van der Waals surface area contributed by atoms with E-state index in [-0.39, 0.29) is 25.2 Å². The maximum atomic E-state index is 13.7. The minimum Gasteiger partial charge on any atom is -0.493 e. The Hall–Kier alpha value is -3.75. The third kappa shape index (κ3) is 6.10. The summed E-state index contributed by atoms with van der Waals surface area (Å²) in [5.41, 5.74) is 5.32. The summed E-state index contributed by atoms with van der Waals surface area (Å²) in [5.74, 6) is 0.423. The fourth-order valence-electron chi connectivity index (χ4n) is 6.70. The molecule has 2 aliphatic heterocycles. The molecule has 3 aliphatic rings. The predicted octanol–water partition coefficient (Wildman–Crippen LogP) is 6.77. The van der Waals surface area contributed by atoms with Crippen molar-refractivity contribution in [3.63, 3.8) is 0 Å². The van der Waals surface area contributed by atoms with Crippen molar-refractivity contribution < 1.29 is 28.9 Å². The first-order valence-electron chi connectivity index (χ1n) is 15.5. The summed E-state index contributed by atoms with van der Waals surface area (Å²) in [7, 11) is 0. The van der Waals surface area contributed by atoms with Crippen LogP contribution in [0.1, 0.15) is 66.5 Å². The number of carboxylic acid groups (broad SMARTS) is 1. The molecular formula is C35H39ClN2O6. The monoisotopic (exact) mass is 618 g/mol. The predicted molar refractivity (Wildman–Crippen MR) is 169 cm³/mol. The summed E-state index contributed by atoms with van der Waals surface area (Å²) in [6.07, 6.45) is 3.84. The number of amides is 1. The van der Waals surface area contributed by atoms with Gasteiger partial charge in [0.1, 0.15) is 5.75 Å². The second kappa shape index (κ2) is 12.7. The van der Waals surface area contributed by atoms with Crippen molar-refractivity contribution >= 4 is 29.2 Å². The smallest absolute Gasteiger partial charge is 0.309 e. The number of anilines is 1. The second-order valence-corrected chi connectivity index (χ2v) is 12.5. The number of carbonyl (C=O) groups excluding carboxylic acids is 1. The molecule has 1 aliphatic carbocycles. The van der Waals surface area contributed by atoms with E-state index in [0.29, 0.717) is 35.6 Å². The average molecular weight is 619 g/mol. The molecule has 0 radical (unpaired) electrons. The van der Waals surface area contributed by atoms with Crippen LogP contribution in [0.5, 0.6) is 17.2 Å². The number of hydrogen-bond acceptors (Lipinski definition) is 6. The van der Waals surface area contributed by atoms with E-state index in [1.807, 2.05) is 74.2 Å². The molecule has 2 N–H and O–H groups in total. The lowest BCUT2D eigenvalue weighted by atomic mass is 9.81. The molecule has 1 saturated heterocycles. The van der Waals surface area contributed by atoms with Gasteiger partial charge in [-0.05, 0) is 96.7 Å². The number of likely N-dealkylation sites (tertiary alicyclic amines) is 1. The van der Waals surface area contributed by atoms with Crippen LogP contribution in [0, 0.1) is 18.8 Å². The molecule has 8 nitrogen and oxygen atoms in total. The van der Waals surface area contributed by atoms with Crippen LogP contribution in [0.2, 0.25) is 5.02 Å². The highest BCUT2D eigenvalue weighted by atomic mass is 35.5. The Morgan fingerprint density at radius 1 is 1.05 bits per heavy atom. The Bertz CT molecular complexity index is 1530. The van der Waals surface area contributed by atoms with Crippen LogP contribution in [-0.4, -0.2) is 48.4 Å². The van der Waals surface area contributed by atoms with Gasteiger partial charge in [0, 0.05) is 29.2 Å². The zero-order valence-electron chi connectivity index (χ0n) is 25.4. The number of carboxylic acids is 1. The number of aryl methyl sites for hydroxylation is 2. The van der Waals surface area contributed by atoms with E-state index in [1.54, 1.807) is 0 Å². The fraction of sp³-hybridized carbons (Fsp3) is 0.429. The van der Waals surface area contributed by atoms with Gasteiger partial charge in [-0.2, -0.15) is 0 Å². The highest BCUT2D eigenvalue weighted by Gasteiger charge is 2.48. The minimum absolute atomic E-state index is 0.0312. The number of halogens is 1. The first-order valence-corrected chi connectivity index (χ1v) is 15.8. The van der Waals surface area contributed by atoms with E-state index in [4.69, 9.17) is 25.8 Å². The number of rotatable bonds is 11. The highest BCUT2D eigenvalue weighted by molar-refractivity contribution is 6.30. The molecule has 3 aromatic carbocycles. The van der Waals surface area contributed by atoms with Gasteiger partial charge < -0.3 is 24.6 Å². The third-order valence-electron chi connectivity index (χ3n) is 9.16. The number of benzene rings is 3. The van der Waals surface area contributed by atoms with Crippen molar-refractivity contribution in [3.8, 4) is 17.2 Å². The SMILES string of the molecule is CCc1cc(Cl)cc(CC)c1NC(=O)CN1C[C@H](c2ccc3c(c2C)OCO3)C(C(=O)O)[C@@H]1c1ccc(OCC2CC2)cc1. The molecule has 44 heavy (non-hydrogen) atoms. The molecular weight excluding hydrogens is 580 g/mol. The van der Waals surface area contributed by atoms with Crippen molar-refractivity contribution in [1.82, 2.24) is 4.90 Å². The van der Waals surface area contributed by atoms with E-state index in [0.717, 1.165) is 52.1 Å². The van der Waals surface area contributed by atoms with Gasteiger partial charge in [0.15, 0.2) is 11.5 Å². The second-order valence-electron chi connectivity index (χ2n) is 12.0. The van der Waals surface area contributed by atoms with Crippen LogP contribution in [0.4, 0.5) is 5.69 Å². The zero-order chi connectivity index (χ0) is 31.0. The largest absolute Gasteiger partial charge is 0.493 e. The summed E-state index contributed by atoms with van der Waals surface area (Å²) < 4.78 is 17.2. The van der Waals surface area contributed by atoms with Gasteiger partial charge in [0.2, 0.25) is 12.7 Å². The van der Waals surface area contributed by atoms with Crippen molar-refractivity contribution in [2.24, 2.45) is 11.8 Å². The summed E-state index contributed by atoms with van der Waals surface area (Å²) in [4.78, 5) is 28.8. The number of hydrogen-bond donors (Lipinski definition) is 2. The Labute approximate surface area is 263 Å². The van der Waals surface area contributed by atoms with E-state index < -0.39 is 17.9 Å². The van der Waals surface area contributed by atoms with Crippen LogP contribution in [0.25, 0.3) is 0 Å². The molecule has 3 aromatic rings. The van der Waals surface area contributed by atoms with Crippen LogP contribution in [0.3, 0.4) is 0 Å². The molecule has 2 heterocycles. The topological polar surface area (TPSA) is 97.3 Å². The summed E-state index contributed by atoms with van der Waals surface area (Å²) >= 11 is 6.36. The van der Waals surface area contributed by atoms with Crippen LogP contribution < -0.4 is 19.5 Å². The fourth-order valence-corrected chi connectivity index (χ4v) is 6.97. The van der Waals surface area contributed by atoms with Gasteiger partial charge in [-0.25, -0.2) is 0 Å². The Balaban J connectivity index is 1.33. The molecule has 0 aromatic heterocycles. The van der Waals surface area contributed by atoms with Crippen molar-refractivity contribution in [2.45, 2.75) is 58.4 Å². The van der Waals surface area contributed by atoms with Crippen LogP contribution in [-0.2, 0) is 22.4 Å². The van der Waals surface area contributed by atoms with E-state index in [1.165, 1.54) is 12.8 Å². The molecule has 0 spiro atoms. The van der Waals surface area contributed by atoms with Crippen LogP contribution >= 0.6 is 11.6 Å². The lowest BCUT2D eigenvalue weighted by Crippen LogP contribution is -2.35. The minimum atomic E-state index is -0.909. The van der Waals surface area contributed by atoms with Gasteiger partial charge in [0.25, 0.3) is 0 Å². The first-order chi connectivity index (χ1) is 21.3. The normalized spacial score (nSPS) is 21.0. The molecule has 1 unspecified atom stereocenters. The van der Waals surface area contributed by atoms with Gasteiger partial charge in [0.05, 0.1) is 19.1 Å². The number of nitrogens with zero attached hydrogens (tertiary/aromatic N) is 1. The van der Waals surface area contributed by atoms with Gasteiger partial charge in [-0.3, -0.25) is 14.5 Å². The number of fused-ring (bicyclic) bond motifs is 1. The lowest BCUT2D eigenvalue weighted by molar-refractivity contribution is -0.143. The van der Waals surface area contributed by atoms with E-state index >= 15 is 0 Å². The molecule has 2 fully saturated rings. The Kier molecular flexibility index (Phi) is 8.74. The average Bonchev–Trinajstić information content (AvgIpc) is 3.58. The molecule has 0 bridgehead atoms. The van der Waals surface area contributed by atoms with Gasteiger partial charge >= 0.3 is 5.97 Å². The van der Waals surface area contributed by atoms with Gasteiger partial charge in [-0.1, -0.05) is 43.6 Å². The van der Waals surface area contributed by atoms with Crippen molar-refractivity contribution in [2.75, 3.05) is 31.8 Å². The first kappa shape index (κ1) is 30.3. The van der Waals surface area contributed by atoms with Crippen molar-refractivity contribution in [3.05, 3.63) is 81.4 Å². The molecule has 3 atom stereocenters. The summed E-state index contributed by atoms with van der Waals surface area (Å²) in [6, 6.07) is 14.7. The summed E-state index contributed by atoms with van der Waals surface area (Å²) in [6.45, 7) is 7.26. The highest BCUT2D eigenvalue weighted by Crippen LogP contribution is 2.49. The number of ether oxygens (including phenoxy) is 3. The molecule has 6 rings (SSSR count). The number of aliphatic carboxylic acids is 1. The van der Waals surface area contributed by atoms with E-state index in [2.05, 4.69) is 5.32 Å². The standard InChI is InChI=1S/C35H39ClN2O6/c1-4-22-14-25(36)15-23(5-2)32(22)37-30(39)17-38-16-28(27-12-13-29-34(20(27)3)44-19-43-29)31(35(40)41)33(38)24-8-10-26(11-9-24)42-18-21-6-7-21/h8-15,21,28,31,33H,4-7,16-19H2,1-3H3,(H,37,39)(H,40,41)/t28-,31?,33+/m1/s1. The third-order valence-corrected chi connectivity index (χ3v) is 9.37. The Morgan fingerprint density at radius 2 is 1.75 bits per heavy atom.